The Morgan fingerprint density at radius 3 is 2.42 bits per heavy atom. The van der Waals surface area contributed by atoms with E-state index < -0.39 is 0 Å². The quantitative estimate of drug-likeness (QED) is 0.422. The second-order valence-electron chi connectivity index (χ2n) is 8.69. The van der Waals surface area contributed by atoms with Crippen LogP contribution >= 0.6 is 11.6 Å². The topological polar surface area (TPSA) is 43.3 Å². The van der Waals surface area contributed by atoms with Gasteiger partial charge < -0.3 is 14.2 Å². The minimum atomic E-state index is -0.317. The average Bonchev–Trinajstić information content (AvgIpc) is 3.29. The van der Waals surface area contributed by atoms with E-state index in [0.717, 1.165) is 34.6 Å². The molecule has 0 spiro atoms. The van der Waals surface area contributed by atoms with Crippen LogP contribution in [-0.2, 0) is 0 Å². The van der Waals surface area contributed by atoms with Crippen molar-refractivity contribution in [1.29, 1.82) is 0 Å². The van der Waals surface area contributed by atoms with Gasteiger partial charge in [-0.05, 0) is 47.9 Å². The Hall–Kier alpha value is -3.18. The van der Waals surface area contributed by atoms with Crippen molar-refractivity contribution in [3.63, 3.8) is 0 Å². The van der Waals surface area contributed by atoms with Gasteiger partial charge in [0.25, 0.3) is 0 Å². The summed E-state index contributed by atoms with van der Waals surface area (Å²) in [7, 11) is 3.28. The van der Waals surface area contributed by atoms with Gasteiger partial charge in [-0.15, -0.1) is 0 Å². The van der Waals surface area contributed by atoms with E-state index in [1.165, 1.54) is 5.56 Å². The summed E-state index contributed by atoms with van der Waals surface area (Å²) in [5.41, 5.74) is 5.40. The number of benzene rings is 3. The molecule has 5 rings (SSSR count). The summed E-state index contributed by atoms with van der Waals surface area (Å²) in [6.07, 6.45) is 0.426. The second kappa shape index (κ2) is 8.64. The molecule has 0 unspecified atom stereocenters. The van der Waals surface area contributed by atoms with Crippen LogP contribution in [0, 0.1) is 0 Å². The minimum Gasteiger partial charge on any atom is -0.493 e. The van der Waals surface area contributed by atoms with Gasteiger partial charge in [-0.25, -0.2) is 5.01 Å². The van der Waals surface area contributed by atoms with E-state index in [-0.39, 0.29) is 12.3 Å². The van der Waals surface area contributed by atoms with Crippen LogP contribution in [0.5, 0.6) is 17.2 Å². The number of ether oxygens (including phenoxy) is 3. The molecule has 3 aromatic rings. The first-order valence-electron chi connectivity index (χ1n) is 11.1. The van der Waals surface area contributed by atoms with Crippen LogP contribution in [0.2, 0.25) is 5.02 Å². The Morgan fingerprint density at radius 1 is 0.970 bits per heavy atom. The van der Waals surface area contributed by atoms with Gasteiger partial charge in [0.1, 0.15) is 5.75 Å². The summed E-state index contributed by atoms with van der Waals surface area (Å²) in [5, 5.41) is 7.80. The van der Waals surface area contributed by atoms with Crippen molar-refractivity contribution in [2.75, 3.05) is 14.2 Å². The van der Waals surface area contributed by atoms with Crippen molar-refractivity contribution in [1.82, 2.24) is 5.01 Å². The molecule has 2 aliphatic heterocycles. The highest BCUT2D eigenvalue weighted by atomic mass is 35.5. The van der Waals surface area contributed by atoms with Crippen LogP contribution in [0.15, 0.2) is 65.8 Å². The molecular weight excluding hydrogens is 436 g/mol. The fourth-order valence-electron chi connectivity index (χ4n) is 4.51. The van der Waals surface area contributed by atoms with Crippen LogP contribution in [0.4, 0.5) is 0 Å². The largest absolute Gasteiger partial charge is 0.493 e. The highest BCUT2D eigenvalue weighted by Crippen LogP contribution is 2.48. The number of rotatable bonds is 5. The van der Waals surface area contributed by atoms with Crippen molar-refractivity contribution in [2.45, 2.75) is 38.5 Å². The highest BCUT2D eigenvalue weighted by molar-refractivity contribution is 6.30. The maximum absolute atomic E-state index is 6.47. The zero-order chi connectivity index (χ0) is 23.1. The van der Waals surface area contributed by atoms with Crippen LogP contribution in [0.25, 0.3) is 0 Å². The summed E-state index contributed by atoms with van der Waals surface area (Å²) in [4.78, 5) is 0. The lowest BCUT2D eigenvalue weighted by molar-refractivity contribution is -0.0190. The van der Waals surface area contributed by atoms with Crippen molar-refractivity contribution < 1.29 is 14.2 Å². The van der Waals surface area contributed by atoms with Gasteiger partial charge in [0.2, 0.25) is 6.23 Å². The number of hydrazone groups is 1. The Bertz CT molecular complexity index is 1210. The van der Waals surface area contributed by atoms with E-state index in [1.54, 1.807) is 14.2 Å². The van der Waals surface area contributed by atoms with Gasteiger partial charge in [-0.2, -0.15) is 5.10 Å². The molecule has 33 heavy (non-hydrogen) atoms. The lowest BCUT2D eigenvalue weighted by atomic mass is 9.95. The number of hydrogen-bond donors (Lipinski definition) is 0. The molecule has 2 atom stereocenters. The minimum absolute atomic E-state index is 0.0327. The summed E-state index contributed by atoms with van der Waals surface area (Å²) in [6.45, 7) is 4.39. The first kappa shape index (κ1) is 21.7. The van der Waals surface area contributed by atoms with E-state index in [4.69, 9.17) is 30.9 Å². The highest BCUT2D eigenvalue weighted by Gasteiger charge is 2.41. The lowest BCUT2D eigenvalue weighted by Gasteiger charge is -2.38. The van der Waals surface area contributed by atoms with Gasteiger partial charge in [0.15, 0.2) is 11.5 Å². The zero-order valence-electron chi connectivity index (χ0n) is 19.2. The zero-order valence-corrected chi connectivity index (χ0v) is 20.0. The van der Waals surface area contributed by atoms with E-state index >= 15 is 0 Å². The van der Waals surface area contributed by atoms with E-state index in [1.807, 2.05) is 36.4 Å². The lowest BCUT2D eigenvalue weighted by Crippen LogP contribution is -2.33. The Balaban J connectivity index is 1.56. The summed E-state index contributed by atoms with van der Waals surface area (Å²) in [5.74, 6) is 2.70. The molecular formula is C27H27ClN2O3. The van der Waals surface area contributed by atoms with Crippen molar-refractivity contribution in [3.8, 4) is 17.2 Å². The fraction of sp³-hybridized carbons (Fsp3) is 0.296. The van der Waals surface area contributed by atoms with Gasteiger partial charge in [-0.3, -0.25) is 0 Å². The SMILES string of the molecule is COc1ccc(C2=NN3[C@H](C2)c2cc(Cl)ccc2O[C@@H]3c2ccc(C(C)C)cc2)cc1OC. The molecule has 0 saturated heterocycles. The molecule has 0 bridgehead atoms. The monoisotopic (exact) mass is 462 g/mol. The fourth-order valence-corrected chi connectivity index (χ4v) is 4.69. The molecule has 2 heterocycles. The van der Waals surface area contributed by atoms with Gasteiger partial charge in [0.05, 0.1) is 26.0 Å². The third kappa shape index (κ3) is 3.91. The third-order valence-corrected chi connectivity index (χ3v) is 6.59. The van der Waals surface area contributed by atoms with Crippen LogP contribution < -0.4 is 14.2 Å². The molecule has 0 N–H and O–H groups in total. The molecule has 0 aliphatic carbocycles. The molecule has 5 nitrogen and oxygen atoms in total. The van der Waals surface area contributed by atoms with Crippen LogP contribution in [0.1, 0.15) is 60.7 Å². The molecule has 0 fully saturated rings. The maximum Gasteiger partial charge on any atom is 0.213 e. The Labute approximate surface area is 199 Å². The molecule has 2 aliphatic rings. The smallest absolute Gasteiger partial charge is 0.213 e. The summed E-state index contributed by atoms with van der Waals surface area (Å²) in [6, 6.07) is 20.4. The van der Waals surface area contributed by atoms with E-state index in [9.17, 15) is 0 Å². The van der Waals surface area contributed by atoms with Crippen molar-refractivity contribution >= 4 is 17.3 Å². The van der Waals surface area contributed by atoms with Gasteiger partial charge in [0, 0.05) is 28.1 Å². The first-order valence-corrected chi connectivity index (χ1v) is 11.5. The molecule has 0 aromatic heterocycles. The molecule has 0 saturated carbocycles. The summed E-state index contributed by atoms with van der Waals surface area (Å²) < 4.78 is 17.4. The van der Waals surface area contributed by atoms with Crippen LogP contribution in [-0.4, -0.2) is 24.9 Å². The average molecular weight is 463 g/mol. The normalized spacial score (nSPS) is 19.0. The molecule has 0 radical (unpaired) electrons. The predicted octanol–water partition coefficient (Wildman–Crippen LogP) is 6.72. The molecule has 170 valence electrons. The van der Waals surface area contributed by atoms with Crippen molar-refractivity contribution in [3.05, 3.63) is 87.9 Å². The predicted molar refractivity (Wildman–Crippen MR) is 131 cm³/mol. The Kier molecular flexibility index (Phi) is 5.67. The number of nitrogens with zero attached hydrogens (tertiary/aromatic N) is 2. The first-order chi connectivity index (χ1) is 16.0. The van der Waals surface area contributed by atoms with Crippen LogP contribution in [0.3, 0.4) is 0 Å². The second-order valence-corrected chi connectivity index (χ2v) is 9.13. The van der Waals surface area contributed by atoms with E-state index in [2.05, 4.69) is 43.1 Å². The number of hydrogen-bond acceptors (Lipinski definition) is 5. The number of fused-ring (bicyclic) bond motifs is 3. The summed E-state index contributed by atoms with van der Waals surface area (Å²) >= 11 is 6.35. The molecule has 0 amide bonds. The maximum atomic E-state index is 6.47. The van der Waals surface area contributed by atoms with E-state index in [0.29, 0.717) is 22.4 Å². The molecule has 3 aromatic carbocycles. The third-order valence-electron chi connectivity index (χ3n) is 6.36. The Morgan fingerprint density at radius 2 is 1.73 bits per heavy atom. The molecule has 6 heteroatoms. The number of methoxy groups -OCH3 is 2. The number of halogens is 1. The van der Waals surface area contributed by atoms with Crippen molar-refractivity contribution in [2.24, 2.45) is 5.10 Å². The standard InChI is InChI=1S/C27H27ClN2O3/c1-16(2)17-5-7-18(8-6-17)27-30-23(21-14-20(28)10-12-24(21)33-27)15-22(29-30)19-9-11-25(31-3)26(13-19)32-4/h5-14,16,23,27H,15H2,1-4H3/t23-,27-/m1/s1. The van der Waals surface area contributed by atoms with Gasteiger partial charge in [-0.1, -0.05) is 49.7 Å². The van der Waals surface area contributed by atoms with Gasteiger partial charge >= 0.3 is 0 Å².